The molecule has 1 aromatic rings. The molecule has 3 rings (SSSR count). The van der Waals surface area contributed by atoms with Crippen LogP contribution in [-0.4, -0.2) is 51.9 Å². The Kier molecular flexibility index (Phi) is 3.00. The molecule has 1 N–H and O–H groups in total. The summed E-state index contributed by atoms with van der Waals surface area (Å²) < 4.78 is 10.3. The van der Waals surface area contributed by atoms with Gasteiger partial charge in [0.25, 0.3) is 0 Å². The highest BCUT2D eigenvalue weighted by atomic mass is 16.5. The summed E-state index contributed by atoms with van der Waals surface area (Å²) in [4.78, 5) is 17.2. The molecule has 1 unspecified atom stereocenters. The topological polar surface area (TPSA) is 88.7 Å². The van der Waals surface area contributed by atoms with Gasteiger partial charge in [0.2, 0.25) is 5.89 Å². The zero-order chi connectivity index (χ0) is 12.5. The van der Waals surface area contributed by atoms with Crippen LogP contribution in [0.15, 0.2) is 4.52 Å². The third-order valence-corrected chi connectivity index (χ3v) is 3.28. The highest BCUT2D eigenvalue weighted by Crippen LogP contribution is 2.38. The predicted molar refractivity (Wildman–Crippen MR) is 58.9 cm³/mol. The number of hydrogen-bond acceptors (Lipinski definition) is 6. The normalized spacial score (nSPS) is 25.2. The van der Waals surface area contributed by atoms with Crippen molar-refractivity contribution in [1.29, 1.82) is 0 Å². The maximum Gasteiger partial charge on any atom is 0.323 e. The second kappa shape index (κ2) is 4.66. The Labute approximate surface area is 104 Å². The summed E-state index contributed by atoms with van der Waals surface area (Å²) >= 11 is 0. The molecule has 2 heterocycles. The molecule has 2 aliphatic rings. The van der Waals surface area contributed by atoms with Gasteiger partial charge in [-0.1, -0.05) is 5.16 Å². The van der Waals surface area contributed by atoms with Gasteiger partial charge in [-0.25, -0.2) is 0 Å². The van der Waals surface area contributed by atoms with E-state index in [2.05, 4.69) is 10.1 Å². The maximum atomic E-state index is 11.1. The molecule has 0 bridgehead atoms. The van der Waals surface area contributed by atoms with Crippen molar-refractivity contribution in [2.24, 2.45) is 0 Å². The van der Waals surface area contributed by atoms with E-state index in [0.29, 0.717) is 37.3 Å². The van der Waals surface area contributed by atoms with Crippen molar-refractivity contribution in [3.05, 3.63) is 11.7 Å². The molecule has 18 heavy (non-hydrogen) atoms. The van der Waals surface area contributed by atoms with Crippen LogP contribution in [0.25, 0.3) is 0 Å². The number of rotatable bonds is 4. The molecule has 1 saturated carbocycles. The van der Waals surface area contributed by atoms with Crippen molar-refractivity contribution in [2.45, 2.75) is 31.3 Å². The predicted octanol–water partition coefficient (Wildman–Crippen LogP) is 0.232. The van der Waals surface area contributed by atoms with E-state index in [-0.39, 0.29) is 6.61 Å². The fourth-order valence-corrected chi connectivity index (χ4v) is 2.06. The fourth-order valence-electron chi connectivity index (χ4n) is 2.06. The van der Waals surface area contributed by atoms with Gasteiger partial charge in [0.15, 0.2) is 5.82 Å². The molecule has 2 fully saturated rings. The summed E-state index contributed by atoms with van der Waals surface area (Å²) in [6, 6.07) is -0.623. The van der Waals surface area contributed by atoms with Gasteiger partial charge in [-0.3, -0.25) is 9.69 Å². The largest absolute Gasteiger partial charge is 0.480 e. The van der Waals surface area contributed by atoms with Gasteiger partial charge in [-0.05, 0) is 12.8 Å². The summed E-state index contributed by atoms with van der Waals surface area (Å²) in [6.45, 7) is 1.72. The highest BCUT2D eigenvalue weighted by Gasteiger charge is 2.32. The number of carboxylic acids is 1. The van der Waals surface area contributed by atoms with Crippen LogP contribution >= 0.6 is 0 Å². The van der Waals surface area contributed by atoms with Crippen LogP contribution in [0.5, 0.6) is 0 Å². The summed E-state index contributed by atoms with van der Waals surface area (Å²) in [5, 5.41) is 13.0. The third kappa shape index (κ3) is 2.37. The zero-order valence-electron chi connectivity index (χ0n) is 9.91. The van der Waals surface area contributed by atoms with E-state index in [9.17, 15) is 4.79 Å². The molecule has 7 nitrogen and oxygen atoms in total. The van der Waals surface area contributed by atoms with E-state index in [0.717, 1.165) is 12.8 Å². The standard InChI is InChI=1S/C11H15N3O4/c15-11(16)8-6-17-4-3-14(8)5-9-12-10(18-13-9)7-1-2-7/h7-8H,1-6H2,(H,15,16). The van der Waals surface area contributed by atoms with Crippen LogP contribution in [0, 0.1) is 0 Å². The number of morpholine rings is 1. The lowest BCUT2D eigenvalue weighted by molar-refractivity contribution is -0.150. The molecular weight excluding hydrogens is 238 g/mol. The highest BCUT2D eigenvalue weighted by molar-refractivity contribution is 5.73. The summed E-state index contributed by atoms with van der Waals surface area (Å²) in [5.41, 5.74) is 0. The summed E-state index contributed by atoms with van der Waals surface area (Å²) in [6.07, 6.45) is 2.22. The van der Waals surface area contributed by atoms with Crippen LogP contribution in [0.4, 0.5) is 0 Å². The Balaban J connectivity index is 1.67. The lowest BCUT2D eigenvalue weighted by Crippen LogP contribution is -2.49. The van der Waals surface area contributed by atoms with Crippen LogP contribution in [0.2, 0.25) is 0 Å². The van der Waals surface area contributed by atoms with E-state index < -0.39 is 12.0 Å². The van der Waals surface area contributed by atoms with Crippen molar-refractivity contribution in [2.75, 3.05) is 19.8 Å². The Morgan fingerprint density at radius 2 is 2.33 bits per heavy atom. The number of aromatic nitrogens is 2. The number of carboxylic acid groups (broad SMARTS) is 1. The second-order valence-electron chi connectivity index (χ2n) is 4.72. The van der Waals surface area contributed by atoms with Crippen molar-refractivity contribution >= 4 is 5.97 Å². The minimum atomic E-state index is -0.874. The number of hydrogen-bond donors (Lipinski definition) is 1. The first-order chi connectivity index (χ1) is 8.74. The van der Waals surface area contributed by atoms with Crippen LogP contribution < -0.4 is 0 Å². The molecule has 1 aliphatic carbocycles. The van der Waals surface area contributed by atoms with Crippen LogP contribution in [0.1, 0.15) is 30.5 Å². The van der Waals surface area contributed by atoms with E-state index in [1.165, 1.54) is 0 Å². The minimum Gasteiger partial charge on any atom is -0.480 e. The Hall–Kier alpha value is -1.47. The number of carbonyl (C=O) groups is 1. The van der Waals surface area contributed by atoms with Crippen LogP contribution in [-0.2, 0) is 16.1 Å². The zero-order valence-corrected chi connectivity index (χ0v) is 9.91. The molecule has 1 aromatic heterocycles. The van der Waals surface area contributed by atoms with Crippen molar-refractivity contribution in [3.8, 4) is 0 Å². The van der Waals surface area contributed by atoms with E-state index in [1.807, 2.05) is 4.90 Å². The quantitative estimate of drug-likeness (QED) is 0.821. The molecule has 1 saturated heterocycles. The van der Waals surface area contributed by atoms with Gasteiger partial charge in [0, 0.05) is 12.5 Å². The van der Waals surface area contributed by atoms with E-state index in [4.69, 9.17) is 14.4 Å². The second-order valence-corrected chi connectivity index (χ2v) is 4.72. The first-order valence-electron chi connectivity index (χ1n) is 6.11. The molecule has 0 amide bonds. The van der Waals surface area contributed by atoms with E-state index >= 15 is 0 Å². The molecule has 98 valence electrons. The molecular formula is C11H15N3O4. The number of ether oxygens (including phenoxy) is 1. The summed E-state index contributed by atoms with van der Waals surface area (Å²) in [7, 11) is 0. The van der Waals surface area contributed by atoms with Crippen molar-refractivity contribution in [1.82, 2.24) is 15.0 Å². The fraction of sp³-hybridized carbons (Fsp3) is 0.727. The first-order valence-corrected chi connectivity index (χ1v) is 6.11. The monoisotopic (exact) mass is 253 g/mol. The SMILES string of the molecule is O=C(O)C1COCCN1Cc1noc(C2CC2)n1. The van der Waals surface area contributed by atoms with Gasteiger partial charge in [0.05, 0.1) is 19.8 Å². The number of nitrogens with zero attached hydrogens (tertiary/aromatic N) is 3. The molecule has 7 heteroatoms. The Morgan fingerprint density at radius 1 is 1.50 bits per heavy atom. The maximum absolute atomic E-state index is 11.1. The third-order valence-electron chi connectivity index (χ3n) is 3.28. The first kappa shape index (κ1) is 11.6. The lowest BCUT2D eigenvalue weighted by Gasteiger charge is -2.31. The van der Waals surface area contributed by atoms with Gasteiger partial charge < -0.3 is 14.4 Å². The smallest absolute Gasteiger partial charge is 0.323 e. The lowest BCUT2D eigenvalue weighted by atomic mass is 10.2. The molecule has 0 radical (unpaired) electrons. The number of aliphatic carboxylic acids is 1. The molecule has 0 spiro atoms. The summed E-state index contributed by atoms with van der Waals surface area (Å²) in [5.74, 6) is 0.794. The van der Waals surface area contributed by atoms with Gasteiger partial charge >= 0.3 is 5.97 Å². The average molecular weight is 253 g/mol. The Morgan fingerprint density at radius 3 is 3.06 bits per heavy atom. The molecule has 1 aliphatic heterocycles. The van der Waals surface area contributed by atoms with Crippen molar-refractivity contribution in [3.63, 3.8) is 0 Å². The van der Waals surface area contributed by atoms with Gasteiger partial charge in [-0.2, -0.15) is 4.98 Å². The van der Waals surface area contributed by atoms with Crippen LogP contribution in [0.3, 0.4) is 0 Å². The molecule has 1 atom stereocenters. The van der Waals surface area contributed by atoms with Crippen molar-refractivity contribution < 1.29 is 19.2 Å². The van der Waals surface area contributed by atoms with Gasteiger partial charge in [0.1, 0.15) is 6.04 Å². The van der Waals surface area contributed by atoms with E-state index in [1.54, 1.807) is 0 Å². The van der Waals surface area contributed by atoms with Gasteiger partial charge in [-0.15, -0.1) is 0 Å². The Bertz CT molecular complexity index is 443. The minimum absolute atomic E-state index is 0.211. The average Bonchev–Trinajstić information content (AvgIpc) is 3.11. The molecule has 0 aromatic carbocycles.